The minimum Gasteiger partial charge on any atom is -0.313 e. The first-order chi connectivity index (χ1) is 24.3. The number of rotatable bonds is 4. The summed E-state index contributed by atoms with van der Waals surface area (Å²) in [6.45, 7) is 0. The average molecular weight is 624 g/mol. The molecule has 0 bridgehead atoms. The quantitative estimate of drug-likeness (QED) is 0.172. The van der Waals surface area contributed by atoms with E-state index in [0.29, 0.717) is 0 Å². The maximum atomic E-state index is 2.50. The maximum absolute atomic E-state index is 2.50. The van der Waals surface area contributed by atoms with E-state index in [2.05, 4.69) is 181 Å². The molecule has 0 spiro atoms. The van der Waals surface area contributed by atoms with Crippen LogP contribution < -0.4 is 0 Å². The van der Waals surface area contributed by atoms with Crippen LogP contribution in [0.1, 0.15) is 23.2 Å². The molecule has 1 aliphatic rings. The van der Waals surface area contributed by atoms with Crippen LogP contribution in [0.25, 0.3) is 82.8 Å². The Kier molecular flexibility index (Phi) is 6.38. The molecule has 10 rings (SSSR count). The lowest BCUT2D eigenvalue weighted by Gasteiger charge is -2.19. The fraction of sp³-hybridized carbons (Fsp3) is 0.0417. The van der Waals surface area contributed by atoms with Crippen molar-refractivity contribution in [3.05, 3.63) is 187 Å². The third-order valence-electron chi connectivity index (χ3n) is 10.5. The Morgan fingerprint density at radius 1 is 0.388 bits per heavy atom. The van der Waals surface area contributed by atoms with Crippen LogP contribution in [-0.4, -0.2) is 4.57 Å². The molecule has 230 valence electrons. The molecule has 1 aromatic heterocycles. The van der Waals surface area contributed by atoms with Gasteiger partial charge in [0.1, 0.15) is 0 Å². The van der Waals surface area contributed by atoms with E-state index < -0.39 is 0 Å². The smallest absolute Gasteiger partial charge is 0.0537 e. The minimum atomic E-state index is 1.00. The van der Waals surface area contributed by atoms with E-state index in [1.54, 1.807) is 0 Å². The molecule has 1 heteroatoms. The largest absolute Gasteiger partial charge is 0.313 e. The summed E-state index contributed by atoms with van der Waals surface area (Å²) in [5.74, 6) is 0. The first-order valence-corrected chi connectivity index (χ1v) is 17.2. The molecule has 0 saturated carbocycles. The van der Waals surface area contributed by atoms with Crippen molar-refractivity contribution >= 4 is 54.9 Å². The molecule has 1 heterocycles. The number of benzene rings is 8. The van der Waals surface area contributed by atoms with Gasteiger partial charge in [0.25, 0.3) is 0 Å². The average Bonchev–Trinajstić information content (AvgIpc) is 3.51. The SMILES string of the molecule is C1=C(c2ccc3ccccc3c2)CCc2c1c1ccccc1n2-c1ccc(-c2c3ccccc3c(-c3ccccc3)c3ccccc23)cc1. The van der Waals surface area contributed by atoms with Crippen molar-refractivity contribution in [2.24, 2.45) is 0 Å². The van der Waals surface area contributed by atoms with Crippen LogP contribution in [0.5, 0.6) is 0 Å². The predicted octanol–water partition coefficient (Wildman–Crippen LogP) is 12.9. The van der Waals surface area contributed by atoms with Gasteiger partial charge in [0, 0.05) is 22.3 Å². The number of para-hydroxylation sites is 1. The van der Waals surface area contributed by atoms with Gasteiger partial charge in [-0.05, 0) is 109 Å². The molecule has 9 aromatic rings. The normalized spacial score (nSPS) is 12.9. The summed E-state index contributed by atoms with van der Waals surface area (Å²) in [4.78, 5) is 0. The van der Waals surface area contributed by atoms with Crippen molar-refractivity contribution in [1.29, 1.82) is 0 Å². The molecule has 0 atom stereocenters. The molecule has 8 aromatic carbocycles. The van der Waals surface area contributed by atoms with Gasteiger partial charge < -0.3 is 4.57 Å². The van der Waals surface area contributed by atoms with Crippen LogP contribution in [0.2, 0.25) is 0 Å². The first kappa shape index (κ1) is 27.9. The van der Waals surface area contributed by atoms with Gasteiger partial charge in [0.05, 0.1) is 5.52 Å². The summed E-state index contributed by atoms with van der Waals surface area (Å²) in [5.41, 5.74) is 13.0. The Hall–Kier alpha value is -6.18. The molecular weight excluding hydrogens is 591 g/mol. The molecule has 0 aliphatic heterocycles. The van der Waals surface area contributed by atoms with Gasteiger partial charge >= 0.3 is 0 Å². The van der Waals surface area contributed by atoms with Crippen LogP contribution >= 0.6 is 0 Å². The van der Waals surface area contributed by atoms with Crippen molar-refractivity contribution in [2.45, 2.75) is 12.8 Å². The molecule has 0 N–H and O–H groups in total. The zero-order chi connectivity index (χ0) is 32.3. The van der Waals surface area contributed by atoms with E-state index in [4.69, 9.17) is 0 Å². The van der Waals surface area contributed by atoms with Gasteiger partial charge in [0.15, 0.2) is 0 Å². The monoisotopic (exact) mass is 623 g/mol. The van der Waals surface area contributed by atoms with Crippen LogP contribution in [0.15, 0.2) is 170 Å². The molecule has 0 saturated heterocycles. The van der Waals surface area contributed by atoms with Crippen LogP contribution in [0.3, 0.4) is 0 Å². The first-order valence-electron chi connectivity index (χ1n) is 17.2. The number of nitrogens with zero attached hydrogens (tertiary/aromatic N) is 1. The molecule has 0 amide bonds. The Bertz CT molecular complexity index is 2690. The van der Waals surface area contributed by atoms with Crippen LogP contribution in [0, 0.1) is 0 Å². The zero-order valence-corrected chi connectivity index (χ0v) is 27.1. The molecular formula is C48H33N. The van der Waals surface area contributed by atoms with E-state index in [1.165, 1.54) is 93.6 Å². The van der Waals surface area contributed by atoms with Crippen LogP contribution in [-0.2, 0) is 6.42 Å². The van der Waals surface area contributed by atoms with Crippen molar-refractivity contribution in [2.75, 3.05) is 0 Å². The van der Waals surface area contributed by atoms with Crippen molar-refractivity contribution in [3.8, 4) is 27.9 Å². The van der Waals surface area contributed by atoms with Gasteiger partial charge in [0.2, 0.25) is 0 Å². The number of hydrogen-bond acceptors (Lipinski definition) is 0. The summed E-state index contributed by atoms with van der Waals surface area (Å²) >= 11 is 0. The van der Waals surface area contributed by atoms with Crippen LogP contribution in [0.4, 0.5) is 0 Å². The molecule has 1 aliphatic carbocycles. The van der Waals surface area contributed by atoms with E-state index >= 15 is 0 Å². The standard InChI is InChI=1S/C48H33N/c1-2-13-33(14-3-1)47-40-17-6-8-19-42(40)48(43-20-9-7-18-41(43)47)34-24-27-38(28-25-34)49-45-21-11-10-16-39(45)44-31-37(26-29-46(44)49)36-23-22-32-12-4-5-15-35(32)30-36/h1-25,27-28,30-31H,26,29H2. The Morgan fingerprint density at radius 3 is 1.59 bits per heavy atom. The van der Waals surface area contributed by atoms with E-state index in [-0.39, 0.29) is 0 Å². The number of hydrogen-bond donors (Lipinski definition) is 0. The summed E-state index contributed by atoms with van der Waals surface area (Å²) in [7, 11) is 0. The molecule has 1 nitrogen and oxygen atoms in total. The fourth-order valence-electron chi connectivity index (χ4n) is 8.27. The van der Waals surface area contributed by atoms with Crippen molar-refractivity contribution in [3.63, 3.8) is 0 Å². The topological polar surface area (TPSA) is 4.93 Å². The highest BCUT2D eigenvalue weighted by Gasteiger charge is 2.22. The van der Waals surface area contributed by atoms with Gasteiger partial charge in [-0.3, -0.25) is 0 Å². The molecule has 0 unspecified atom stereocenters. The lowest BCUT2D eigenvalue weighted by molar-refractivity contribution is 0.898. The molecule has 0 radical (unpaired) electrons. The highest BCUT2D eigenvalue weighted by molar-refractivity contribution is 6.21. The lowest BCUT2D eigenvalue weighted by Crippen LogP contribution is -2.05. The van der Waals surface area contributed by atoms with Gasteiger partial charge in [-0.15, -0.1) is 0 Å². The highest BCUT2D eigenvalue weighted by Crippen LogP contribution is 2.44. The Balaban J connectivity index is 1.12. The maximum Gasteiger partial charge on any atom is 0.0537 e. The molecule has 49 heavy (non-hydrogen) atoms. The second kappa shape index (κ2) is 11.2. The highest BCUT2D eigenvalue weighted by atomic mass is 15.0. The predicted molar refractivity (Wildman–Crippen MR) is 209 cm³/mol. The Labute approximate surface area is 286 Å². The van der Waals surface area contributed by atoms with Gasteiger partial charge in [-0.1, -0.05) is 146 Å². The van der Waals surface area contributed by atoms with E-state index in [0.717, 1.165) is 12.8 Å². The molecule has 0 fully saturated rings. The minimum absolute atomic E-state index is 1.00. The summed E-state index contributed by atoms with van der Waals surface area (Å²) in [6.07, 6.45) is 4.47. The van der Waals surface area contributed by atoms with Crippen molar-refractivity contribution < 1.29 is 0 Å². The van der Waals surface area contributed by atoms with Crippen molar-refractivity contribution in [1.82, 2.24) is 4.57 Å². The van der Waals surface area contributed by atoms with E-state index in [9.17, 15) is 0 Å². The lowest BCUT2D eigenvalue weighted by atomic mass is 9.86. The number of allylic oxidation sites excluding steroid dienone is 1. The summed E-state index contributed by atoms with van der Waals surface area (Å²) in [5, 5.41) is 9.02. The fourth-order valence-corrected chi connectivity index (χ4v) is 8.27. The Morgan fingerprint density at radius 2 is 0.918 bits per heavy atom. The second-order valence-corrected chi connectivity index (χ2v) is 13.2. The number of fused-ring (bicyclic) bond motifs is 6. The van der Waals surface area contributed by atoms with Gasteiger partial charge in [-0.2, -0.15) is 0 Å². The third kappa shape index (κ3) is 4.47. The number of aromatic nitrogens is 1. The van der Waals surface area contributed by atoms with E-state index in [1.807, 2.05) is 0 Å². The zero-order valence-electron chi connectivity index (χ0n) is 27.1. The third-order valence-corrected chi connectivity index (χ3v) is 10.5. The second-order valence-electron chi connectivity index (χ2n) is 13.2. The summed E-state index contributed by atoms with van der Waals surface area (Å²) < 4.78 is 2.50. The summed E-state index contributed by atoms with van der Waals surface area (Å²) in [6, 6.07) is 62.3. The van der Waals surface area contributed by atoms with Gasteiger partial charge in [-0.25, -0.2) is 0 Å².